The summed E-state index contributed by atoms with van der Waals surface area (Å²) in [5.74, 6) is 2.15. The number of nitrogens with one attached hydrogen (secondary N) is 1. The molecule has 0 aliphatic carbocycles. The molecule has 0 radical (unpaired) electrons. The minimum absolute atomic E-state index is 0.564. The molecule has 1 heterocycles. The molecule has 0 saturated carbocycles. The highest BCUT2D eigenvalue weighted by Crippen LogP contribution is 2.22. The molecule has 1 aromatic heterocycles. The highest BCUT2D eigenvalue weighted by atomic mass is 15.2. The molecular weight excluding hydrogens is 248 g/mol. The Labute approximate surface area is 120 Å². The Bertz CT molecular complexity index is 552. The lowest BCUT2D eigenvalue weighted by molar-refractivity contribution is 0.684. The Morgan fingerprint density at radius 2 is 1.85 bits per heavy atom. The van der Waals surface area contributed by atoms with E-state index >= 15 is 0 Å². The smallest absolute Gasteiger partial charge is 0.224 e. The second-order valence-corrected chi connectivity index (χ2v) is 5.36. The van der Waals surface area contributed by atoms with Gasteiger partial charge in [0.25, 0.3) is 0 Å². The fourth-order valence-corrected chi connectivity index (χ4v) is 1.88. The Morgan fingerprint density at radius 3 is 2.50 bits per heavy atom. The van der Waals surface area contributed by atoms with Crippen LogP contribution in [0.3, 0.4) is 0 Å². The molecule has 0 atom stereocenters. The molecule has 106 valence electrons. The molecule has 0 amide bonds. The van der Waals surface area contributed by atoms with Gasteiger partial charge >= 0.3 is 0 Å². The van der Waals surface area contributed by atoms with Gasteiger partial charge < -0.3 is 10.2 Å². The average Bonchev–Trinajstić information content (AvgIpc) is 2.44. The van der Waals surface area contributed by atoms with Crippen LogP contribution in [-0.2, 0) is 0 Å². The van der Waals surface area contributed by atoms with Crippen molar-refractivity contribution in [1.29, 1.82) is 0 Å². The minimum Gasteiger partial charge on any atom is -0.354 e. The van der Waals surface area contributed by atoms with Gasteiger partial charge in [-0.3, -0.25) is 0 Å². The summed E-state index contributed by atoms with van der Waals surface area (Å²) in [4.78, 5) is 11.1. The van der Waals surface area contributed by atoms with Crippen LogP contribution in [0.5, 0.6) is 0 Å². The van der Waals surface area contributed by atoms with Crippen LogP contribution < -0.4 is 10.2 Å². The monoisotopic (exact) mass is 270 g/mol. The lowest BCUT2D eigenvalue weighted by Crippen LogP contribution is -2.15. The van der Waals surface area contributed by atoms with E-state index in [1.54, 1.807) is 0 Å². The van der Waals surface area contributed by atoms with E-state index in [0.29, 0.717) is 11.9 Å². The first kappa shape index (κ1) is 14.3. The zero-order valence-corrected chi connectivity index (χ0v) is 12.6. The van der Waals surface area contributed by atoms with Crippen molar-refractivity contribution in [3.05, 3.63) is 42.1 Å². The molecule has 0 bridgehead atoms. The maximum Gasteiger partial charge on any atom is 0.224 e. The Balaban J connectivity index is 2.23. The van der Waals surface area contributed by atoms with E-state index < -0.39 is 0 Å². The van der Waals surface area contributed by atoms with Gasteiger partial charge in [0, 0.05) is 31.0 Å². The van der Waals surface area contributed by atoms with Gasteiger partial charge in [0.05, 0.1) is 0 Å². The number of para-hydroxylation sites is 1. The van der Waals surface area contributed by atoms with Crippen molar-refractivity contribution in [2.24, 2.45) is 5.92 Å². The van der Waals surface area contributed by atoms with E-state index in [-0.39, 0.29) is 0 Å². The van der Waals surface area contributed by atoms with Crippen molar-refractivity contribution < 1.29 is 0 Å². The summed E-state index contributed by atoms with van der Waals surface area (Å²) < 4.78 is 0. The number of aryl methyl sites for hydroxylation is 1. The molecule has 0 fully saturated rings. The van der Waals surface area contributed by atoms with Gasteiger partial charge in [-0.2, -0.15) is 4.98 Å². The number of nitrogens with zero attached hydrogens (tertiary/aromatic N) is 3. The van der Waals surface area contributed by atoms with Gasteiger partial charge in [-0.1, -0.05) is 32.0 Å². The van der Waals surface area contributed by atoms with Crippen LogP contribution in [0.25, 0.3) is 0 Å². The SMILES string of the molecule is Cc1cc(N(C)c2ccccc2)nc(NCC(C)C)n1. The van der Waals surface area contributed by atoms with Crippen molar-refractivity contribution in [2.75, 3.05) is 23.8 Å². The maximum atomic E-state index is 4.59. The zero-order chi connectivity index (χ0) is 14.5. The Hall–Kier alpha value is -2.10. The molecule has 0 aliphatic rings. The first-order chi connectivity index (χ1) is 9.56. The molecule has 20 heavy (non-hydrogen) atoms. The van der Waals surface area contributed by atoms with Crippen LogP contribution in [0.15, 0.2) is 36.4 Å². The first-order valence-electron chi connectivity index (χ1n) is 6.94. The Kier molecular flexibility index (Phi) is 4.56. The number of rotatable bonds is 5. The molecule has 0 unspecified atom stereocenters. The summed E-state index contributed by atoms with van der Waals surface area (Å²) in [5, 5.41) is 3.28. The second kappa shape index (κ2) is 6.37. The quantitative estimate of drug-likeness (QED) is 0.901. The van der Waals surface area contributed by atoms with Crippen LogP contribution in [0.2, 0.25) is 0 Å². The van der Waals surface area contributed by atoms with Gasteiger partial charge in [-0.15, -0.1) is 0 Å². The highest BCUT2D eigenvalue weighted by molar-refractivity contribution is 5.60. The third-order valence-corrected chi connectivity index (χ3v) is 3.00. The van der Waals surface area contributed by atoms with Crippen molar-refractivity contribution >= 4 is 17.5 Å². The summed E-state index contributed by atoms with van der Waals surface area (Å²) in [6.45, 7) is 7.20. The van der Waals surface area contributed by atoms with Gasteiger partial charge in [0.1, 0.15) is 5.82 Å². The predicted molar refractivity (Wildman–Crippen MR) is 84.6 cm³/mol. The van der Waals surface area contributed by atoms with Gasteiger partial charge in [0.2, 0.25) is 5.95 Å². The van der Waals surface area contributed by atoms with E-state index in [9.17, 15) is 0 Å². The van der Waals surface area contributed by atoms with Crippen LogP contribution in [0.4, 0.5) is 17.5 Å². The van der Waals surface area contributed by atoms with Crippen LogP contribution in [0.1, 0.15) is 19.5 Å². The summed E-state index contributed by atoms with van der Waals surface area (Å²) in [5.41, 5.74) is 2.07. The molecule has 0 aliphatic heterocycles. The Morgan fingerprint density at radius 1 is 1.15 bits per heavy atom. The summed E-state index contributed by atoms with van der Waals surface area (Å²) >= 11 is 0. The normalized spacial score (nSPS) is 10.7. The molecular formula is C16H22N4. The van der Waals surface area contributed by atoms with Gasteiger partial charge in [-0.25, -0.2) is 4.98 Å². The molecule has 1 N–H and O–H groups in total. The standard InChI is InChI=1S/C16H22N4/c1-12(2)11-17-16-18-13(3)10-15(19-16)20(4)14-8-6-5-7-9-14/h5-10,12H,11H2,1-4H3,(H,17,18,19). The second-order valence-electron chi connectivity index (χ2n) is 5.36. The fourth-order valence-electron chi connectivity index (χ4n) is 1.88. The molecule has 1 aromatic carbocycles. The maximum absolute atomic E-state index is 4.59. The number of benzene rings is 1. The van der Waals surface area contributed by atoms with E-state index in [0.717, 1.165) is 23.7 Å². The van der Waals surface area contributed by atoms with E-state index in [1.807, 2.05) is 38.2 Å². The van der Waals surface area contributed by atoms with E-state index in [2.05, 4.69) is 46.2 Å². The molecule has 4 nitrogen and oxygen atoms in total. The number of hydrogen-bond donors (Lipinski definition) is 1. The molecule has 0 spiro atoms. The fraction of sp³-hybridized carbons (Fsp3) is 0.375. The first-order valence-corrected chi connectivity index (χ1v) is 6.94. The van der Waals surface area contributed by atoms with Crippen molar-refractivity contribution in [3.8, 4) is 0 Å². The van der Waals surface area contributed by atoms with E-state index in [4.69, 9.17) is 0 Å². The largest absolute Gasteiger partial charge is 0.354 e. The number of anilines is 3. The third-order valence-electron chi connectivity index (χ3n) is 3.00. The summed E-state index contributed by atoms with van der Waals surface area (Å²) in [6, 6.07) is 12.2. The van der Waals surface area contributed by atoms with Crippen LogP contribution in [0, 0.1) is 12.8 Å². The lowest BCUT2D eigenvalue weighted by atomic mass is 10.2. The average molecular weight is 270 g/mol. The van der Waals surface area contributed by atoms with Crippen molar-refractivity contribution in [2.45, 2.75) is 20.8 Å². The molecule has 2 aromatic rings. The van der Waals surface area contributed by atoms with Crippen LogP contribution in [-0.4, -0.2) is 23.6 Å². The van der Waals surface area contributed by atoms with E-state index in [1.165, 1.54) is 0 Å². The summed E-state index contributed by atoms with van der Waals surface area (Å²) in [7, 11) is 2.02. The van der Waals surface area contributed by atoms with Gasteiger partial charge in [-0.05, 0) is 25.0 Å². The van der Waals surface area contributed by atoms with Gasteiger partial charge in [0.15, 0.2) is 0 Å². The highest BCUT2D eigenvalue weighted by Gasteiger charge is 2.08. The topological polar surface area (TPSA) is 41.1 Å². The molecule has 2 rings (SSSR count). The van der Waals surface area contributed by atoms with Crippen molar-refractivity contribution in [3.63, 3.8) is 0 Å². The zero-order valence-electron chi connectivity index (χ0n) is 12.6. The molecule has 4 heteroatoms. The summed E-state index contributed by atoms with van der Waals surface area (Å²) in [6.07, 6.45) is 0. The number of aromatic nitrogens is 2. The lowest BCUT2D eigenvalue weighted by Gasteiger charge is -2.19. The third kappa shape index (κ3) is 3.70. The predicted octanol–water partition coefficient (Wildman–Crippen LogP) is 3.62. The minimum atomic E-state index is 0.564. The van der Waals surface area contributed by atoms with Crippen molar-refractivity contribution in [1.82, 2.24) is 9.97 Å². The van der Waals surface area contributed by atoms with Crippen LogP contribution >= 0.6 is 0 Å². The molecule has 0 saturated heterocycles. The number of hydrogen-bond acceptors (Lipinski definition) is 4.